The molecule has 2 aromatic rings. The first-order valence-corrected chi connectivity index (χ1v) is 5.11. The lowest BCUT2D eigenvalue weighted by atomic mass is 10.2. The third-order valence-corrected chi connectivity index (χ3v) is 2.40. The van der Waals surface area contributed by atoms with E-state index in [2.05, 4.69) is 5.10 Å². The van der Waals surface area contributed by atoms with Crippen molar-refractivity contribution in [1.29, 1.82) is 0 Å². The van der Waals surface area contributed by atoms with E-state index in [1.165, 1.54) is 22.9 Å². The zero-order chi connectivity index (χ0) is 13.3. The molecule has 0 fully saturated rings. The Morgan fingerprint density at radius 2 is 1.94 bits per heavy atom. The number of hydrogen-bond acceptors (Lipinski definition) is 2. The van der Waals surface area contributed by atoms with Gasteiger partial charge in [-0.25, -0.2) is 4.68 Å². The Kier molecular flexibility index (Phi) is 2.94. The Balaban J connectivity index is 2.55. The van der Waals surface area contributed by atoms with Gasteiger partial charge in [-0.3, -0.25) is 4.79 Å². The van der Waals surface area contributed by atoms with E-state index in [0.29, 0.717) is 5.69 Å². The van der Waals surface area contributed by atoms with Crippen LogP contribution in [0.4, 0.5) is 13.2 Å². The topological polar surface area (TPSA) is 34.9 Å². The molecule has 0 unspecified atom stereocenters. The number of alkyl halides is 3. The summed E-state index contributed by atoms with van der Waals surface area (Å²) in [5, 5.41) is 3.81. The number of hydrogen-bond donors (Lipinski definition) is 0. The minimum Gasteiger partial charge on any atom is -0.288 e. The van der Waals surface area contributed by atoms with Gasteiger partial charge in [-0.1, -0.05) is 6.07 Å². The number of benzene rings is 1. The standard InChI is InChI=1S/C12H9F3N2O/c1-8-5-11(18)7-16-17(8)10-4-2-3-9(6-10)12(13,14)15/h2-7H,1H3. The van der Waals surface area contributed by atoms with Crippen LogP contribution in [0, 0.1) is 6.92 Å². The molecule has 1 aromatic carbocycles. The molecule has 6 heteroatoms. The fourth-order valence-corrected chi connectivity index (χ4v) is 1.59. The highest BCUT2D eigenvalue weighted by atomic mass is 19.4. The molecule has 0 atom stereocenters. The summed E-state index contributed by atoms with van der Waals surface area (Å²) in [5.74, 6) is 0. The summed E-state index contributed by atoms with van der Waals surface area (Å²) in [6, 6.07) is 6.09. The maximum absolute atomic E-state index is 12.6. The highest BCUT2D eigenvalue weighted by Crippen LogP contribution is 2.30. The number of aromatic nitrogens is 2. The maximum Gasteiger partial charge on any atom is 0.416 e. The van der Waals surface area contributed by atoms with Crippen molar-refractivity contribution in [2.24, 2.45) is 0 Å². The lowest BCUT2D eigenvalue weighted by molar-refractivity contribution is -0.137. The molecule has 0 aliphatic rings. The number of halogens is 3. The van der Waals surface area contributed by atoms with Gasteiger partial charge in [0.2, 0.25) is 0 Å². The lowest BCUT2D eigenvalue weighted by Gasteiger charge is -2.11. The van der Waals surface area contributed by atoms with E-state index in [9.17, 15) is 18.0 Å². The van der Waals surface area contributed by atoms with E-state index in [4.69, 9.17) is 0 Å². The van der Waals surface area contributed by atoms with Gasteiger partial charge in [0.25, 0.3) is 0 Å². The smallest absolute Gasteiger partial charge is 0.288 e. The average Bonchev–Trinajstić information content (AvgIpc) is 2.28. The van der Waals surface area contributed by atoms with Crippen molar-refractivity contribution in [3.8, 4) is 5.69 Å². The van der Waals surface area contributed by atoms with Crippen molar-refractivity contribution < 1.29 is 13.2 Å². The molecule has 2 rings (SSSR count). The normalized spacial score (nSPS) is 11.6. The summed E-state index contributed by atoms with van der Waals surface area (Å²) >= 11 is 0. The molecule has 0 saturated heterocycles. The van der Waals surface area contributed by atoms with E-state index < -0.39 is 11.7 Å². The van der Waals surface area contributed by atoms with Crippen molar-refractivity contribution in [2.75, 3.05) is 0 Å². The molecule has 94 valence electrons. The molecular formula is C12H9F3N2O. The number of nitrogens with zero attached hydrogens (tertiary/aromatic N) is 2. The van der Waals surface area contributed by atoms with Gasteiger partial charge in [0.15, 0.2) is 5.43 Å². The minimum absolute atomic E-state index is 0.266. The van der Waals surface area contributed by atoms with E-state index in [1.807, 2.05) is 0 Å². The van der Waals surface area contributed by atoms with Crippen molar-refractivity contribution in [2.45, 2.75) is 13.1 Å². The largest absolute Gasteiger partial charge is 0.416 e. The quantitative estimate of drug-likeness (QED) is 0.783. The van der Waals surface area contributed by atoms with E-state index >= 15 is 0 Å². The monoisotopic (exact) mass is 254 g/mol. The first-order chi connectivity index (χ1) is 8.38. The van der Waals surface area contributed by atoms with Crippen LogP contribution in [0.15, 0.2) is 41.3 Å². The summed E-state index contributed by atoms with van der Waals surface area (Å²) in [6.07, 6.45) is -3.34. The molecule has 18 heavy (non-hydrogen) atoms. The molecule has 0 bridgehead atoms. The fourth-order valence-electron chi connectivity index (χ4n) is 1.59. The molecule has 0 amide bonds. The molecule has 0 saturated carbocycles. The second-order valence-electron chi connectivity index (χ2n) is 3.79. The van der Waals surface area contributed by atoms with Crippen LogP contribution in [-0.2, 0) is 6.18 Å². The molecule has 0 aliphatic heterocycles. The van der Waals surface area contributed by atoms with Gasteiger partial charge in [0, 0.05) is 11.8 Å². The van der Waals surface area contributed by atoms with Crippen LogP contribution in [0.25, 0.3) is 5.69 Å². The van der Waals surface area contributed by atoms with Crippen LogP contribution in [0.2, 0.25) is 0 Å². The summed E-state index contributed by atoms with van der Waals surface area (Å²) < 4.78 is 39.0. The zero-order valence-corrected chi connectivity index (χ0v) is 9.40. The second-order valence-corrected chi connectivity index (χ2v) is 3.79. The Morgan fingerprint density at radius 3 is 2.56 bits per heavy atom. The minimum atomic E-state index is -4.40. The molecular weight excluding hydrogens is 245 g/mol. The van der Waals surface area contributed by atoms with Crippen LogP contribution in [-0.4, -0.2) is 9.78 Å². The zero-order valence-electron chi connectivity index (χ0n) is 9.40. The van der Waals surface area contributed by atoms with Gasteiger partial charge in [-0.2, -0.15) is 18.3 Å². The van der Waals surface area contributed by atoms with Crippen molar-refractivity contribution in [3.05, 3.63) is 58.0 Å². The molecule has 0 radical (unpaired) electrons. The Hall–Kier alpha value is -2.11. The van der Waals surface area contributed by atoms with Crippen molar-refractivity contribution >= 4 is 0 Å². The van der Waals surface area contributed by atoms with Gasteiger partial charge in [-0.15, -0.1) is 0 Å². The van der Waals surface area contributed by atoms with E-state index in [1.54, 1.807) is 6.92 Å². The van der Waals surface area contributed by atoms with Gasteiger partial charge in [0.05, 0.1) is 17.4 Å². The summed E-state index contributed by atoms with van der Waals surface area (Å²) in [5.41, 5.74) is -0.292. The third-order valence-electron chi connectivity index (χ3n) is 2.40. The van der Waals surface area contributed by atoms with E-state index in [0.717, 1.165) is 18.3 Å². The SMILES string of the molecule is Cc1cc(=O)cnn1-c1cccc(C(F)(F)F)c1. The predicted octanol–water partition coefficient (Wildman–Crippen LogP) is 2.56. The van der Waals surface area contributed by atoms with Gasteiger partial charge in [0.1, 0.15) is 0 Å². The molecule has 0 aliphatic carbocycles. The van der Waals surface area contributed by atoms with Gasteiger partial charge in [-0.05, 0) is 25.1 Å². The molecule has 1 heterocycles. The third kappa shape index (κ3) is 2.42. The average molecular weight is 254 g/mol. The molecule has 0 N–H and O–H groups in total. The molecule has 3 nitrogen and oxygen atoms in total. The van der Waals surface area contributed by atoms with Crippen LogP contribution in [0.3, 0.4) is 0 Å². The molecule has 1 aromatic heterocycles. The van der Waals surface area contributed by atoms with Gasteiger partial charge >= 0.3 is 6.18 Å². The molecule has 0 spiro atoms. The highest BCUT2D eigenvalue weighted by Gasteiger charge is 2.30. The summed E-state index contributed by atoms with van der Waals surface area (Å²) in [4.78, 5) is 11.0. The predicted molar refractivity (Wildman–Crippen MR) is 59.6 cm³/mol. The first kappa shape index (κ1) is 12.3. The Bertz CT molecular complexity index is 632. The lowest BCUT2D eigenvalue weighted by Crippen LogP contribution is -2.12. The Morgan fingerprint density at radius 1 is 1.22 bits per heavy atom. The van der Waals surface area contributed by atoms with Crippen LogP contribution in [0.1, 0.15) is 11.3 Å². The van der Waals surface area contributed by atoms with Crippen molar-refractivity contribution in [1.82, 2.24) is 9.78 Å². The highest BCUT2D eigenvalue weighted by molar-refractivity contribution is 5.37. The van der Waals surface area contributed by atoms with E-state index in [-0.39, 0.29) is 11.1 Å². The van der Waals surface area contributed by atoms with Crippen molar-refractivity contribution in [3.63, 3.8) is 0 Å². The van der Waals surface area contributed by atoms with Gasteiger partial charge < -0.3 is 0 Å². The number of rotatable bonds is 1. The number of aryl methyl sites for hydroxylation is 1. The van der Waals surface area contributed by atoms with Crippen LogP contribution < -0.4 is 5.43 Å². The van der Waals surface area contributed by atoms with Crippen LogP contribution in [0.5, 0.6) is 0 Å². The fraction of sp³-hybridized carbons (Fsp3) is 0.167. The summed E-state index contributed by atoms with van der Waals surface area (Å²) in [6.45, 7) is 1.61. The Labute approximate surface area is 100 Å². The second kappa shape index (κ2) is 4.29. The van der Waals surface area contributed by atoms with Crippen LogP contribution >= 0.6 is 0 Å². The first-order valence-electron chi connectivity index (χ1n) is 5.11. The maximum atomic E-state index is 12.6. The summed E-state index contributed by atoms with van der Waals surface area (Å²) in [7, 11) is 0.